The van der Waals surface area contributed by atoms with Crippen LogP contribution >= 0.6 is 11.6 Å². The van der Waals surface area contributed by atoms with Crippen molar-refractivity contribution in [1.29, 1.82) is 0 Å². The smallest absolute Gasteiger partial charge is 0.159 e. The third kappa shape index (κ3) is 2.73. The molecule has 0 bridgehead atoms. The zero-order chi connectivity index (χ0) is 13.9. The van der Waals surface area contributed by atoms with Gasteiger partial charge in [-0.3, -0.25) is 0 Å². The summed E-state index contributed by atoms with van der Waals surface area (Å²) in [5, 5.41) is 14.3. The summed E-state index contributed by atoms with van der Waals surface area (Å²) in [6.07, 6.45) is 6.71. The van der Waals surface area contributed by atoms with E-state index in [4.69, 9.17) is 11.6 Å². The van der Waals surface area contributed by atoms with Gasteiger partial charge in [-0.25, -0.2) is 0 Å². The predicted octanol–water partition coefficient (Wildman–Crippen LogP) is 4.66. The lowest BCUT2D eigenvalue weighted by atomic mass is 9.84. The Morgan fingerprint density at radius 1 is 1.10 bits per heavy atom. The molecule has 1 unspecified atom stereocenters. The Labute approximate surface area is 124 Å². The van der Waals surface area contributed by atoms with Gasteiger partial charge in [0.1, 0.15) is 0 Å². The van der Waals surface area contributed by atoms with E-state index < -0.39 is 0 Å². The molecule has 1 aromatic heterocycles. The van der Waals surface area contributed by atoms with Crippen molar-refractivity contribution in [2.75, 3.05) is 5.32 Å². The molecule has 1 fully saturated rings. The number of aromatic nitrogens is 2. The summed E-state index contributed by atoms with van der Waals surface area (Å²) >= 11 is 6.11. The van der Waals surface area contributed by atoms with Crippen LogP contribution < -0.4 is 5.32 Å². The molecule has 0 saturated heterocycles. The first-order valence-electron chi connectivity index (χ1n) is 7.43. The minimum atomic E-state index is 0.425. The van der Waals surface area contributed by atoms with E-state index in [0.29, 0.717) is 11.2 Å². The Hall–Kier alpha value is -1.35. The number of hydrogen-bond acceptors (Lipinski definition) is 3. The number of fused-ring (bicyclic) bond motifs is 1. The highest BCUT2D eigenvalue weighted by atomic mass is 35.5. The number of benzene rings is 1. The van der Waals surface area contributed by atoms with Crippen molar-refractivity contribution >= 4 is 28.2 Å². The quantitative estimate of drug-likeness (QED) is 0.893. The van der Waals surface area contributed by atoms with Gasteiger partial charge in [-0.1, -0.05) is 55.1 Å². The van der Waals surface area contributed by atoms with Crippen molar-refractivity contribution in [2.45, 2.75) is 45.1 Å². The Morgan fingerprint density at radius 2 is 1.80 bits per heavy atom. The van der Waals surface area contributed by atoms with E-state index in [1.807, 2.05) is 24.3 Å². The Morgan fingerprint density at radius 3 is 2.55 bits per heavy atom. The number of nitrogens with one attached hydrogen (secondary N) is 1. The second-order valence-electron chi connectivity index (χ2n) is 5.72. The van der Waals surface area contributed by atoms with Crippen LogP contribution in [0, 0.1) is 5.92 Å². The molecule has 1 aliphatic rings. The van der Waals surface area contributed by atoms with Gasteiger partial charge in [0.25, 0.3) is 0 Å². The highest BCUT2D eigenvalue weighted by Gasteiger charge is 2.21. The highest BCUT2D eigenvalue weighted by molar-refractivity contribution is 6.34. The Bertz CT molecular complexity index is 593. The van der Waals surface area contributed by atoms with E-state index in [0.717, 1.165) is 22.5 Å². The lowest BCUT2D eigenvalue weighted by Crippen LogP contribution is -2.28. The maximum absolute atomic E-state index is 6.11. The van der Waals surface area contributed by atoms with Crippen molar-refractivity contribution in [2.24, 2.45) is 5.92 Å². The molecule has 106 valence electrons. The van der Waals surface area contributed by atoms with Crippen LogP contribution in [0.4, 0.5) is 5.82 Å². The second kappa shape index (κ2) is 5.96. The number of halogens is 1. The van der Waals surface area contributed by atoms with Crippen LogP contribution in [0.1, 0.15) is 39.0 Å². The minimum absolute atomic E-state index is 0.425. The topological polar surface area (TPSA) is 37.8 Å². The largest absolute Gasteiger partial charge is 0.365 e. The predicted molar refractivity (Wildman–Crippen MR) is 84.2 cm³/mol. The van der Waals surface area contributed by atoms with E-state index in [9.17, 15) is 0 Å². The average Bonchev–Trinajstić information content (AvgIpc) is 2.51. The van der Waals surface area contributed by atoms with Gasteiger partial charge >= 0.3 is 0 Å². The molecular weight excluding hydrogens is 270 g/mol. The maximum Gasteiger partial charge on any atom is 0.159 e. The number of nitrogens with zero attached hydrogens (tertiary/aromatic N) is 2. The van der Waals surface area contributed by atoms with Crippen LogP contribution in [-0.4, -0.2) is 16.2 Å². The van der Waals surface area contributed by atoms with E-state index >= 15 is 0 Å². The zero-order valence-electron chi connectivity index (χ0n) is 11.8. The molecule has 0 radical (unpaired) electrons. The molecular formula is C16H20ClN3. The lowest BCUT2D eigenvalue weighted by Gasteiger charge is -2.28. The first kappa shape index (κ1) is 13.6. The van der Waals surface area contributed by atoms with Gasteiger partial charge in [0, 0.05) is 16.8 Å². The van der Waals surface area contributed by atoms with Crippen LogP contribution in [0.3, 0.4) is 0 Å². The maximum atomic E-state index is 6.11. The van der Waals surface area contributed by atoms with Crippen LogP contribution in [0.15, 0.2) is 24.3 Å². The summed E-state index contributed by atoms with van der Waals surface area (Å²) in [6, 6.07) is 8.45. The van der Waals surface area contributed by atoms with Crippen molar-refractivity contribution in [1.82, 2.24) is 10.2 Å². The van der Waals surface area contributed by atoms with Crippen molar-refractivity contribution in [3.8, 4) is 0 Å². The zero-order valence-corrected chi connectivity index (χ0v) is 12.5. The monoisotopic (exact) mass is 289 g/mol. The third-order valence-electron chi connectivity index (χ3n) is 4.36. The Kier molecular flexibility index (Phi) is 4.06. The van der Waals surface area contributed by atoms with Crippen LogP contribution in [-0.2, 0) is 0 Å². The standard InChI is InChI=1S/C16H20ClN3/c1-11(12-7-3-2-4-8-12)18-16-14-10-6-5-9-13(14)15(17)19-20-16/h5-6,9-12H,2-4,7-8H2,1H3,(H,18,20). The molecule has 0 aliphatic heterocycles. The second-order valence-corrected chi connectivity index (χ2v) is 6.07. The van der Waals surface area contributed by atoms with Gasteiger partial charge in [0.2, 0.25) is 0 Å². The first-order chi connectivity index (χ1) is 9.75. The van der Waals surface area contributed by atoms with Crippen LogP contribution in [0.25, 0.3) is 10.8 Å². The summed E-state index contributed by atoms with van der Waals surface area (Å²) in [6.45, 7) is 2.25. The highest BCUT2D eigenvalue weighted by Crippen LogP contribution is 2.30. The van der Waals surface area contributed by atoms with Gasteiger partial charge < -0.3 is 5.32 Å². The van der Waals surface area contributed by atoms with E-state index in [-0.39, 0.29) is 0 Å². The van der Waals surface area contributed by atoms with Crippen molar-refractivity contribution < 1.29 is 0 Å². The molecule has 1 heterocycles. The van der Waals surface area contributed by atoms with E-state index in [1.54, 1.807) is 0 Å². The molecule has 0 amide bonds. The van der Waals surface area contributed by atoms with Crippen molar-refractivity contribution in [3.05, 3.63) is 29.4 Å². The van der Waals surface area contributed by atoms with Crippen LogP contribution in [0.5, 0.6) is 0 Å². The minimum Gasteiger partial charge on any atom is -0.365 e. The molecule has 1 saturated carbocycles. The van der Waals surface area contributed by atoms with Crippen LogP contribution in [0.2, 0.25) is 5.15 Å². The summed E-state index contributed by atoms with van der Waals surface area (Å²) in [5.74, 6) is 1.59. The van der Waals surface area contributed by atoms with Gasteiger partial charge in [-0.05, 0) is 25.7 Å². The molecule has 0 spiro atoms. The fourth-order valence-electron chi connectivity index (χ4n) is 3.15. The summed E-state index contributed by atoms with van der Waals surface area (Å²) in [7, 11) is 0. The molecule has 1 aliphatic carbocycles. The Balaban J connectivity index is 1.85. The van der Waals surface area contributed by atoms with Gasteiger partial charge in [-0.15, -0.1) is 10.2 Å². The third-order valence-corrected chi connectivity index (χ3v) is 4.64. The van der Waals surface area contributed by atoms with Gasteiger partial charge in [-0.2, -0.15) is 0 Å². The lowest BCUT2D eigenvalue weighted by molar-refractivity contribution is 0.328. The molecule has 3 rings (SSSR count). The molecule has 2 aromatic rings. The normalized spacial score (nSPS) is 18.1. The molecule has 20 heavy (non-hydrogen) atoms. The molecule has 4 heteroatoms. The fourth-order valence-corrected chi connectivity index (χ4v) is 3.35. The SMILES string of the molecule is CC(Nc1nnc(Cl)c2ccccc12)C1CCCCC1. The van der Waals surface area contributed by atoms with Crippen molar-refractivity contribution in [3.63, 3.8) is 0 Å². The van der Waals surface area contributed by atoms with E-state index in [2.05, 4.69) is 22.4 Å². The fraction of sp³-hybridized carbons (Fsp3) is 0.500. The van der Waals surface area contributed by atoms with Gasteiger partial charge in [0.05, 0.1) is 0 Å². The number of rotatable bonds is 3. The molecule has 1 aromatic carbocycles. The number of hydrogen-bond donors (Lipinski definition) is 1. The summed E-state index contributed by atoms with van der Waals surface area (Å²) in [5.41, 5.74) is 0. The number of anilines is 1. The van der Waals surface area contributed by atoms with Gasteiger partial charge in [0.15, 0.2) is 11.0 Å². The first-order valence-corrected chi connectivity index (χ1v) is 7.81. The van der Waals surface area contributed by atoms with E-state index in [1.165, 1.54) is 32.1 Å². The average molecular weight is 290 g/mol. The molecule has 1 atom stereocenters. The molecule has 1 N–H and O–H groups in total. The summed E-state index contributed by atoms with van der Waals surface area (Å²) in [4.78, 5) is 0. The molecule has 3 nitrogen and oxygen atoms in total. The summed E-state index contributed by atoms with van der Waals surface area (Å²) < 4.78 is 0.